The second-order valence-electron chi connectivity index (χ2n) is 6.39. The molecule has 2 heterocycles. The minimum atomic E-state index is -0.0908. The Morgan fingerprint density at radius 2 is 2.10 bits per heavy atom. The molecule has 1 aliphatic heterocycles. The van der Waals surface area contributed by atoms with Crippen molar-refractivity contribution >= 4 is 0 Å². The van der Waals surface area contributed by atoms with Crippen molar-refractivity contribution in [1.29, 1.82) is 0 Å². The van der Waals surface area contributed by atoms with E-state index in [0.29, 0.717) is 18.1 Å². The molecule has 3 rings (SSSR count). The molecule has 1 aliphatic carbocycles. The zero-order valence-corrected chi connectivity index (χ0v) is 12.8. The number of ether oxygens (including phenoxy) is 2. The van der Waals surface area contributed by atoms with Crippen molar-refractivity contribution in [3.63, 3.8) is 0 Å². The average molecular weight is 291 g/mol. The molecule has 1 atom stereocenters. The number of hydrogen-bond acceptors (Lipinski definition) is 4. The number of aromatic nitrogens is 1. The monoisotopic (exact) mass is 291 g/mol. The van der Waals surface area contributed by atoms with Gasteiger partial charge in [-0.15, -0.1) is 0 Å². The van der Waals surface area contributed by atoms with Crippen LogP contribution in [-0.2, 0) is 11.3 Å². The summed E-state index contributed by atoms with van der Waals surface area (Å²) in [5, 5.41) is 9.36. The SMILES string of the molecule is Cc1ccc(OCC2CCC3(CCCCC3)O2)c(CO)n1. The smallest absolute Gasteiger partial charge is 0.143 e. The third kappa shape index (κ3) is 3.38. The van der Waals surface area contributed by atoms with Gasteiger partial charge < -0.3 is 14.6 Å². The molecule has 1 aromatic heterocycles. The third-order valence-corrected chi connectivity index (χ3v) is 4.75. The van der Waals surface area contributed by atoms with Crippen LogP contribution >= 0.6 is 0 Å². The fraction of sp³-hybridized carbons (Fsp3) is 0.706. The maximum absolute atomic E-state index is 9.36. The number of hydrogen-bond donors (Lipinski definition) is 1. The van der Waals surface area contributed by atoms with Gasteiger partial charge in [0.15, 0.2) is 0 Å². The Bertz CT molecular complexity index is 483. The average Bonchev–Trinajstić information content (AvgIpc) is 2.89. The molecule has 0 amide bonds. The van der Waals surface area contributed by atoms with Crippen LogP contribution in [0.5, 0.6) is 5.75 Å². The fourth-order valence-corrected chi connectivity index (χ4v) is 3.60. The first kappa shape index (κ1) is 14.8. The van der Waals surface area contributed by atoms with Crippen LogP contribution < -0.4 is 4.74 Å². The van der Waals surface area contributed by atoms with Crippen molar-refractivity contribution in [1.82, 2.24) is 4.98 Å². The molecule has 2 fully saturated rings. The van der Waals surface area contributed by atoms with Gasteiger partial charge in [0, 0.05) is 5.69 Å². The summed E-state index contributed by atoms with van der Waals surface area (Å²) < 4.78 is 12.2. The van der Waals surface area contributed by atoms with Gasteiger partial charge in [-0.1, -0.05) is 19.3 Å². The summed E-state index contributed by atoms with van der Waals surface area (Å²) >= 11 is 0. The van der Waals surface area contributed by atoms with E-state index in [0.717, 1.165) is 12.1 Å². The van der Waals surface area contributed by atoms with Gasteiger partial charge in [-0.05, 0) is 44.7 Å². The summed E-state index contributed by atoms with van der Waals surface area (Å²) in [6, 6.07) is 3.80. The molecular weight excluding hydrogens is 266 g/mol. The predicted molar refractivity (Wildman–Crippen MR) is 80.3 cm³/mol. The second kappa shape index (κ2) is 6.32. The Hall–Kier alpha value is -1.13. The Labute approximate surface area is 126 Å². The highest BCUT2D eigenvalue weighted by molar-refractivity contribution is 5.28. The topological polar surface area (TPSA) is 51.6 Å². The van der Waals surface area contributed by atoms with E-state index in [2.05, 4.69) is 4.98 Å². The van der Waals surface area contributed by atoms with Crippen LogP contribution in [-0.4, -0.2) is 28.4 Å². The molecule has 21 heavy (non-hydrogen) atoms. The summed E-state index contributed by atoms with van der Waals surface area (Å²) in [6.45, 7) is 2.38. The first-order chi connectivity index (χ1) is 10.2. The largest absolute Gasteiger partial charge is 0.489 e. The number of aryl methyl sites for hydroxylation is 1. The quantitative estimate of drug-likeness (QED) is 0.926. The van der Waals surface area contributed by atoms with Crippen LogP contribution in [0.15, 0.2) is 12.1 Å². The van der Waals surface area contributed by atoms with Gasteiger partial charge >= 0.3 is 0 Å². The molecule has 1 unspecified atom stereocenters. The molecule has 1 aromatic rings. The van der Waals surface area contributed by atoms with Crippen molar-refractivity contribution in [2.75, 3.05) is 6.61 Å². The van der Waals surface area contributed by atoms with Crippen LogP contribution in [0.4, 0.5) is 0 Å². The minimum absolute atomic E-state index is 0.0908. The van der Waals surface area contributed by atoms with E-state index in [-0.39, 0.29) is 18.3 Å². The molecule has 4 nitrogen and oxygen atoms in total. The summed E-state index contributed by atoms with van der Waals surface area (Å²) in [5.74, 6) is 0.677. The van der Waals surface area contributed by atoms with Gasteiger partial charge in [0.05, 0.1) is 18.3 Å². The summed E-state index contributed by atoms with van der Waals surface area (Å²) in [7, 11) is 0. The fourth-order valence-electron chi connectivity index (χ4n) is 3.60. The van der Waals surface area contributed by atoms with Crippen molar-refractivity contribution in [2.24, 2.45) is 0 Å². The number of aliphatic hydroxyl groups excluding tert-OH is 1. The summed E-state index contributed by atoms with van der Waals surface area (Å²) in [6.07, 6.45) is 8.77. The van der Waals surface area contributed by atoms with Crippen molar-refractivity contribution < 1.29 is 14.6 Å². The maximum Gasteiger partial charge on any atom is 0.143 e. The maximum atomic E-state index is 9.36. The standard InChI is InChI=1S/C17H25NO3/c1-13-5-6-16(15(11-19)18-13)20-12-14-7-10-17(21-14)8-3-2-4-9-17/h5-6,14,19H,2-4,7-12H2,1H3. The summed E-state index contributed by atoms with van der Waals surface area (Å²) in [5.41, 5.74) is 1.64. The Morgan fingerprint density at radius 3 is 2.86 bits per heavy atom. The highest BCUT2D eigenvalue weighted by atomic mass is 16.6. The van der Waals surface area contributed by atoms with E-state index in [9.17, 15) is 5.11 Å². The van der Waals surface area contributed by atoms with Gasteiger partial charge in [0.2, 0.25) is 0 Å². The lowest BCUT2D eigenvalue weighted by molar-refractivity contribution is -0.0750. The van der Waals surface area contributed by atoms with E-state index < -0.39 is 0 Å². The van der Waals surface area contributed by atoms with Crippen molar-refractivity contribution in [3.05, 3.63) is 23.5 Å². The van der Waals surface area contributed by atoms with Crippen LogP contribution in [0.2, 0.25) is 0 Å². The molecule has 2 aliphatic rings. The van der Waals surface area contributed by atoms with Crippen LogP contribution in [0.3, 0.4) is 0 Å². The Kier molecular flexibility index (Phi) is 4.45. The number of rotatable bonds is 4. The van der Waals surface area contributed by atoms with Gasteiger partial charge in [0.1, 0.15) is 18.1 Å². The zero-order valence-electron chi connectivity index (χ0n) is 12.8. The molecule has 1 saturated carbocycles. The van der Waals surface area contributed by atoms with Crippen LogP contribution in [0.25, 0.3) is 0 Å². The van der Waals surface area contributed by atoms with Crippen molar-refractivity contribution in [3.8, 4) is 5.75 Å². The second-order valence-corrected chi connectivity index (χ2v) is 6.39. The van der Waals surface area contributed by atoms with Gasteiger partial charge in [-0.3, -0.25) is 4.98 Å². The minimum Gasteiger partial charge on any atom is -0.489 e. The van der Waals surface area contributed by atoms with Gasteiger partial charge in [-0.25, -0.2) is 0 Å². The molecule has 116 valence electrons. The molecule has 0 radical (unpaired) electrons. The van der Waals surface area contributed by atoms with E-state index in [1.807, 2.05) is 19.1 Å². The van der Waals surface area contributed by atoms with Gasteiger partial charge in [-0.2, -0.15) is 0 Å². The highest BCUT2D eigenvalue weighted by Gasteiger charge is 2.40. The van der Waals surface area contributed by atoms with E-state index in [1.54, 1.807) is 0 Å². The number of nitrogens with zero attached hydrogens (tertiary/aromatic N) is 1. The third-order valence-electron chi connectivity index (χ3n) is 4.75. The number of pyridine rings is 1. The van der Waals surface area contributed by atoms with E-state index in [1.165, 1.54) is 38.5 Å². The molecule has 1 spiro atoms. The molecular formula is C17H25NO3. The molecule has 0 aromatic carbocycles. The van der Waals surface area contributed by atoms with Crippen LogP contribution in [0.1, 0.15) is 56.3 Å². The van der Waals surface area contributed by atoms with E-state index in [4.69, 9.17) is 9.47 Å². The normalized spacial score (nSPS) is 24.4. The molecule has 1 saturated heterocycles. The lowest BCUT2D eigenvalue weighted by Crippen LogP contribution is -2.33. The Morgan fingerprint density at radius 1 is 1.29 bits per heavy atom. The van der Waals surface area contributed by atoms with Gasteiger partial charge in [0.25, 0.3) is 0 Å². The highest BCUT2D eigenvalue weighted by Crippen LogP contribution is 2.41. The molecule has 1 N–H and O–H groups in total. The lowest BCUT2D eigenvalue weighted by Gasteiger charge is -2.33. The first-order valence-electron chi connectivity index (χ1n) is 8.09. The number of aliphatic hydroxyl groups is 1. The summed E-state index contributed by atoms with van der Waals surface area (Å²) in [4.78, 5) is 4.30. The van der Waals surface area contributed by atoms with E-state index >= 15 is 0 Å². The predicted octanol–water partition coefficient (Wildman–Crippen LogP) is 3.14. The lowest BCUT2D eigenvalue weighted by atomic mass is 9.83. The Balaban J connectivity index is 1.56. The van der Waals surface area contributed by atoms with Crippen LogP contribution in [0, 0.1) is 6.92 Å². The molecule has 0 bridgehead atoms. The zero-order chi connectivity index (χ0) is 14.7. The first-order valence-corrected chi connectivity index (χ1v) is 8.09. The molecule has 4 heteroatoms. The van der Waals surface area contributed by atoms with Crippen molar-refractivity contribution in [2.45, 2.75) is 70.2 Å².